The molecule has 0 fully saturated rings. The Kier molecular flexibility index (Phi) is 44.2. The zero-order valence-corrected chi connectivity index (χ0v) is 38.8. The van der Waals surface area contributed by atoms with Crippen molar-refractivity contribution in [3.05, 3.63) is 0 Å². The van der Waals surface area contributed by atoms with E-state index in [1.807, 2.05) is 0 Å². The average molecular weight is 807 g/mol. The number of unbranched alkanes of at least 4 members (excludes halogenated alkanes) is 32. The Bertz CT molecular complexity index is 859. The van der Waals surface area contributed by atoms with Crippen LogP contribution in [0.1, 0.15) is 285 Å². The zero-order valence-electron chi connectivity index (χ0n) is 38.8. The van der Waals surface area contributed by atoms with E-state index < -0.39 is 6.10 Å². The van der Waals surface area contributed by atoms with Crippen LogP contribution in [-0.4, -0.2) is 37.2 Å². The standard InChI is InChI=1S/C51H98O6/c1-5-8-10-12-13-14-15-25-29-32-36-40-44-51(54)57-48(45-55-49(52)42-38-33-11-9-6-2)46-56-50(53)43-39-35-31-28-26-23-21-19-17-16-18-20-22-24-27-30-34-37-41-47(4)7-3/h47-48H,5-46H2,1-4H3/t47?,48-/m0/s1. The summed E-state index contributed by atoms with van der Waals surface area (Å²) in [5.41, 5.74) is 0. The van der Waals surface area contributed by atoms with Gasteiger partial charge in [0, 0.05) is 19.3 Å². The molecule has 0 spiro atoms. The summed E-state index contributed by atoms with van der Waals surface area (Å²) in [6, 6.07) is 0. The number of hydrogen-bond donors (Lipinski definition) is 0. The predicted molar refractivity (Wildman–Crippen MR) is 243 cm³/mol. The summed E-state index contributed by atoms with van der Waals surface area (Å²) in [6.07, 6.45) is 46.9. The highest BCUT2D eigenvalue weighted by molar-refractivity contribution is 5.71. The summed E-state index contributed by atoms with van der Waals surface area (Å²) < 4.78 is 16.7. The Morgan fingerprint density at radius 2 is 0.614 bits per heavy atom. The molecule has 0 bridgehead atoms. The number of rotatable bonds is 46. The molecule has 0 N–H and O–H groups in total. The highest BCUT2D eigenvalue weighted by Crippen LogP contribution is 2.18. The van der Waals surface area contributed by atoms with Crippen molar-refractivity contribution in [2.45, 2.75) is 291 Å². The van der Waals surface area contributed by atoms with E-state index in [2.05, 4.69) is 27.7 Å². The summed E-state index contributed by atoms with van der Waals surface area (Å²) in [7, 11) is 0. The van der Waals surface area contributed by atoms with E-state index in [-0.39, 0.29) is 31.1 Å². The maximum absolute atomic E-state index is 12.7. The van der Waals surface area contributed by atoms with Gasteiger partial charge >= 0.3 is 17.9 Å². The maximum atomic E-state index is 12.7. The summed E-state index contributed by atoms with van der Waals surface area (Å²) >= 11 is 0. The van der Waals surface area contributed by atoms with Crippen LogP contribution in [0.15, 0.2) is 0 Å². The van der Waals surface area contributed by atoms with Gasteiger partial charge < -0.3 is 14.2 Å². The van der Waals surface area contributed by atoms with Crippen LogP contribution in [0.2, 0.25) is 0 Å². The first kappa shape index (κ1) is 55.4. The topological polar surface area (TPSA) is 78.9 Å². The molecule has 0 aliphatic carbocycles. The van der Waals surface area contributed by atoms with E-state index in [0.29, 0.717) is 19.3 Å². The van der Waals surface area contributed by atoms with Gasteiger partial charge in [-0.3, -0.25) is 14.4 Å². The molecule has 0 aromatic rings. The number of hydrogen-bond acceptors (Lipinski definition) is 6. The maximum Gasteiger partial charge on any atom is 0.306 e. The lowest BCUT2D eigenvalue weighted by atomic mass is 9.99. The number of ether oxygens (including phenoxy) is 3. The molecule has 0 radical (unpaired) electrons. The molecular weight excluding hydrogens is 709 g/mol. The summed E-state index contributed by atoms with van der Waals surface area (Å²) in [4.78, 5) is 37.6. The summed E-state index contributed by atoms with van der Waals surface area (Å²) in [5.74, 6) is 0.0481. The first-order chi connectivity index (χ1) is 27.9. The van der Waals surface area contributed by atoms with Crippen LogP contribution in [0.3, 0.4) is 0 Å². The van der Waals surface area contributed by atoms with Gasteiger partial charge in [-0.2, -0.15) is 0 Å². The zero-order chi connectivity index (χ0) is 41.7. The molecular formula is C51H98O6. The third kappa shape index (κ3) is 43.8. The summed E-state index contributed by atoms with van der Waals surface area (Å²) in [5, 5.41) is 0. The van der Waals surface area contributed by atoms with E-state index in [9.17, 15) is 14.4 Å². The van der Waals surface area contributed by atoms with E-state index in [4.69, 9.17) is 14.2 Å². The molecule has 2 atom stereocenters. The molecule has 0 saturated heterocycles. The Morgan fingerprint density at radius 3 is 0.912 bits per heavy atom. The minimum absolute atomic E-state index is 0.0640. The van der Waals surface area contributed by atoms with Crippen molar-refractivity contribution in [1.29, 1.82) is 0 Å². The Morgan fingerprint density at radius 1 is 0.351 bits per heavy atom. The monoisotopic (exact) mass is 807 g/mol. The van der Waals surface area contributed by atoms with E-state index >= 15 is 0 Å². The molecule has 0 rings (SSSR count). The SMILES string of the molecule is CCCCCCCCCCCCCCC(=O)O[C@@H](COC(=O)CCCCCCC)COC(=O)CCCCCCCCCCCCCCCCCCCCC(C)CC. The van der Waals surface area contributed by atoms with Crippen LogP contribution >= 0.6 is 0 Å². The molecule has 0 aliphatic rings. The molecule has 6 nitrogen and oxygen atoms in total. The van der Waals surface area contributed by atoms with Crippen LogP contribution in [0, 0.1) is 5.92 Å². The Balaban J connectivity index is 4.03. The van der Waals surface area contributed by atoms with Gasteiger partial charge in [-0.05, 0) is 25.2 Å². The molecule has 338 valence electrons. The normalized spacial score (nSPS) is 12.4. The number of carbonyl (C=O) groups excluding carboxylic acids is 3. The fraction of sp³-hybridized carbons (Fsp3) is 0.941. The lowest BCUT2D eigenvalue weighted by Gasteiger charge is -2.18. The van der Waals surface area contributed by atoms with Crippen molar-refractivity contribution in [3.63, 3.8) is 0 Å². The quantitative estimate of drug-likeness (QED) is 0.0346. The van der Waals surface area contributed by atoms with Gasteiger partial charge in [0.2, 0.25) is 0 Å². The fourth-order valence-electron chi connectivity index (χ4n) is 7.66. The second kappa shape index (κ2) is 45.5. The van der Waals surface area contributed by atoms with Crippen LogP contribution in [-0.2, 0) is 28.6 Å². The average Bonchev–Trinajstić information content (AvgIpc) is 3.21. The van der Waals surface area contributed by atoms with Gasteiger partial charge in [0.05, 0.1) is 0 Å². The molecule has 0 aliphatic heterocycles. The van der Waals surface area contributed by atoms with Crippen molar-refractivity contribution in [3.8, 4) is 0 Å². The second-order valence-corrected chi connectivity index (χ2v) is 17.7. The highest BCUT2D eigenvalue weighted by Gasteiger charge is 2.19. The van der Waals surface area contributed by atoms with E-state index in [1.165, 1.54) is 173 Å². The molecule has 0 saturated carbocycles. The minimum atomic E-state index is -0.758. The van der Waals surface area contributed by atoms with Gasteiger partial charge in [0.1, 0.15) is 13.2 Å². The highest BCUT2D eigenvalue weighted by atomic mass is 16.6. The molecule has 0 heterocycles. The van der Waals surface area contributed by atoms with Gasteiger partial charge in [0.15, 0.2) is 6.10 Å². The van der Waals surface area contributed by atoms with E-state index in [0.717, 1.165) is 70.1 Å². The van der Waals surface area contributed by atoms with Crippen LogP contribution in [0.5, 0.6) is 0 Å². The van der Waals surface area contributed by atoms with Gasteiger partial charge in [-0.15, -0.1) is 0 Å². The lowest BCUT2D eigenvalue weighted by molar-refractivity contribution is -0.167. The predicted octanol–water partition coefficient (Wildman–Crippen LogP) is 16.3. The van der Waals surface area contributed by atoms with Crippen molar-refractivity contribution in [1.82, 2.24) is 0 Å². The minimum Gasteiger partial charge on any atom is -0.462 e. The first-order valence-electron chi connectivity index (χ1n) is 25.4. The van der Waals surface area contributed by atoms with Crippen LogP contribution in [0.25, 0.3) is 0 Å². The smallest absolute Gasteiger partial charge is 0.306 e. The van der Waals surface area contributed by atoms with Gasteiger partial charge in [-0.1, -0.05) is 246 Å². The molecule has 0 aromatic heterocycles. The molecule has 0 aromatic carbocycles. The molecule has 1 unspecified atom stereocenters. The first-order valence-corrected chi connectivity index (χ1v) is 25.4. The van der Waals surface area contributed by atoms with E-state index in [1.54, 1.807) is 0 Å². The number of esters is 3. The third-order valence-electron chi connectivity index (χ3n) is 11.9. The Labute approximate surface area is 355 Å². The van der Waals surface area contributed by atoms with Gasteiger partial charge in [0.25, 0.3) is 0 Å². The summed E-state index contributed by atoms with van der Waals surface area (Å²) in [6.45, 7) is 8.99. The van der Waals surface area contributed by atoms with Crippen LogP contribution < -0.4 is 0 Å². The molecule has 6 heteroatoms. The van der Waals surface area contributed by atoms with Crippen LogP contribution in [0.4, 0.5) is 0 Å². The molecule has 0 amide bonds. The van der Waals surface area contributed by atoms with Crippen molar-refractivity contribution < 1.29 is 28.6 Å². The van der Waals surface area contributed by atoms with Gasteiger partial charge in [-0.25, -0.2) is 0 Å². The van der Waals surface area contributed by atoms with Crippen molar-refractivity contribution in [2.24, 2.45) is 5.92 Å². The second-order valence-electron chi connectivity index (χ2n) is 17.7. The molecule has 57 heavy (non-hydrogen) atoms. The Hall–Kier alpha value is -1.59. The third-order valence-corrected chi connectivity index (χ3v) is 11.9. The van der Waals surface area contributed by atoms with Crippen molar-refractivity contribution in [2.75, 3.05) is 13.2 Å². The largest absolute Gasteiger partial charge is 0.462 e. The fourth-order valence-corrected chi connectivity index (χ4v) is 7.66. The number of carbonyl (C=O) groups is 3. The lowest BCUT2D eigenvalue weighted by Crippen LogP contribution is -2.30. The van der Waals surface area contributed by atoms with Crippen molar-refractivity contribution >= 4 is 17.9 Å².